The topological polar surface area (TPSA) is 65.0 Å². The number of benzene rings is 1. The van der Waals surface area contributed by atoms with Crippen molar-refractivity contribution in [2.75, 3.05) is 13.2 Å². The zero-order chi connectivity index (χ0) is 10.8. The van der Waals surface area contributed by atoms with Gasteiger partial charge in [-0.3, -0.25) is 0 Å². The van der Waals surface area contributed by atoms with E-state index in [9.17, 15) is 4.79 Å². The average molecular weight is 210 g/mol. The van der Waals surface area contributed by atoms with Crippen molar-refractivity contribution in [2.24, 2.45) is 0 Å². The molecule has 5 nitrogen and oxygen atoms in total. The van der Waals surface area contributed by atoms with Gasteiger partial charge in [-0.25, -0.2) is 4.79 Å². The second kappa shape index (κ2) is 3.68. The van der Waals surface area contributed by atoms with Gasteiger partial charge in [-0.05, 0) is 18.6 Å². The van der Waals surface area contributed by atoms with Crippen LogP contribution >= 0.6 is 0 Å². The van der Waals surface area contributed by atoms with E-state index in [1.165, 1.54) is 6.07 Å². The van der Waals surface area contributed by atoms with E-state index < -0.39 is 6.16 Å². The van der Waals surface area contributed by atoms with Gasteiger partial charge < -0.3 is 19.3 Å². The molecular formula is C10H10O5. The van der Waals surface area contributed by atoms with Crippen molar-refractivity contribution >= 4 is 6.16 Å². The third-order valence-electron chi connectivity index (χ3n) is 2.01. The summed E-state index contributed by atoms with van der Waals surface area (Å²) in [5.74, 6) is 1.42. The second-order valence-electron chi connectivity index (χ2n) is 3.13. The highest BCUT2D eigenvalue weighted by Gasteiger charge is 2.16. The largest absolute Gasteiger partial charge is 0.511 e. The monoisotopic (exact) mass is 210 g/mol. The first-order valence-corrected chi connectivity index (χ1v) is 4.48. The standard InChI is InChI=1S/C10H10O5/c1-6-4-7(15-10(11)12)5-8-9(6)14-3-2-13-8/h4-5H,2-3H2,1H3,(H,11,12). The summed E-state index contributed by atoms with van der Waals surface area (Å²) in [5.41, 5.74) is 0.795. The van der Waals surface area contributed by atoms with Crippen molar-refractivity contribution in [3.8, 4) is 17.2 Å². The maximum absolute atomic E-state index is 10.4. The zero-order valence-corrected chi connectivity index (χ0v) is 8.15. The maximum atomic E-state index is 10.4. The molecule has 0 amide bonds. The lowest BCUT2D eigenvalue weighted by Gasteiger charge is -2.20. The maximum Gasteiger partial charge on any atom is 0.511 e. The predicted molar refractivity (Wildman–Crippen MR) is 50.8 cm³/mol. The van der Waals surface area contributed by atoms with Crippen molar-refractivity contribution < 1.29 is 24.1 Å². The van der Waals surface area contributed by atoms with E-state index in [0.717, 1.165) is 5.56 Å². The van der Waals surface area contributed by atoms with Crippen molar-refractivity contribution in [2.45, 2.75) is 6.92 Å². The molecule has 1 aromatic carbocycles. The Balaban J connectivity index is 2.36. The van der Waals surface area contributed by atoms with Crippen LogP contribution in [0.25, 0.3) is 0 Å². The lowest BCUT2D eigenvalue weighted by atomic mass is 10.2. The van der Waals surface area contributed by atoms with Gasteiger partial charge in [-0.2, -0.15) is 0 Å². The lowest BCUT2D eigenvalue weighted by molar-refractivity contribution is 0.143. The first-order valence-electron chi connectivity index (χ1n) is 4.48. The number of rotatable bonds is 1. The molecule has 0 aliphatic carbocycles. The van der Waals surface area contributed by atoms with Gasteiger partial charge in [0.1, 0.15) is 19.0 Å². The molecule has 0 aromatic heterocycles. The van der Waals surface area contributed by atoms with Gasteiger partial charge >= 0.3 is 6.16 Å². The highest BCUT2D eigenvalue weighted by atomic mass is 16.7. The first-order chi connectivity index (χ1) is 7.16. The van der Waals surface area contributed by atoms with Gasteiger partial charge in [-0.1, -0.05) is 0 Å². The minimum atomic E-state index is -1.34. The van der Waals surface area contributed by atoms with E-state index in [4.69, 9.17) is 14.6 Å². The van der Waals surface area contributed by atoms with Crippen molar-refractivity contribution in [3.05, 3.63) is 17.7 Å². The van der Waals surface area contributed by atoms with Crippen LogP contribution in [0.2, 0.25) is 0 Å². The second-order valence-corrected chi connectivity index (χ2v) is 3.13. The molecule has 0 atom stereocenters. The molecule has 0 bridgehead atoms. The number of carbonyl (C=O) groups is 1. The van der Waals surface area contributed by atoms with E-state index in [2.05, 4.69) is 4.74 Å². The summed E-state index contributed by atoms with van der Waals surface area (Å²) in [6, 6.07) is 3.11. The molecule has 1 aliphatic rings. The highest BCUT2D eigenvalue weighted by molar-refractivity contribution is 5.63. The van der Waals surface area contributed by atoms with Crippen LogP contribution in [0, 0.1) is 6.92 Å². The van der Waals surface area contributed by atoms with Crippen molar-refractivity contribution in [1.82, 2.24) is 0 Å². The molecule has 1 N–H and O–H groups in total. The van der Waals surface area contributed by atoms with Gasteiger partial charge in [-0.15, -0.1) is 0 Å². The Bertz CT molecular complexity index is 399. The molecule has 0 saturated heterocycles. The van der Waals surface area contributed by atoms with Crippen LogP contribution in [0.15, 0.2) is 12.1 Å². The highest BCUT2D eigenvalue weighted by Crippen LogP contribution is 2.37. The molecule has 1 aromatic rings. The van der Waals surface area contributed by atoms with Gasteiger partial charge in [0.15, 0.2) is 11.5 Å². The van der Waals surface area contributed by atoms with Crippen LogP contribution in [0.5, 0.6) is 17.2 Å². The summed E-state index contributed by atoms with van der Waals surface area (Å²) < 4.78 is 15.3. The summed E-state index contributed by atoms with van der Waals surface area (Å²) >= 11 is 0. The summed E-state index contributed by atoms with van der Waals surface area (Å²) in [6.07, 6.45) is -1.34. The Morgan fingerprint density at radius 3 is 2.87 bits per heavy atom. The van der Waals surface area contributed by atoms with Gasteiger partial charge in [0.25, 0.3) is 0 Å². The number of fused-ring (bicyclic) bond motifs is 1. The minimum Gasteiger partial charge on any atom is -0.486 e. The third kappa shape index (κ3) is 1.96. The van der Waals surface area contributed by atoms with E-state index in [-0.39, 0.29) is 5.75 Å². The van der Waals surface area contributed by atoms with Crippen LogP contribution in [0.3, 0.4) is 0 Å². The fourth-order valence-corrected chi connectivity index (χ4v) is 1.46. The number of ether oxygens (including phenoxy) is 3. The molecule has 0 unspecified atom stereocenters. The zero-order valence-electron chi connectivity index (χ0n) is 8.15. The number of carboxylic acid groups (broad SMARTS) is 1. The van der Waals surface area contributed by atoms with Gasteiger partial charge in [0.05, 0.1) is 0 Å². The molecule has 2 rings (SSSR count). The van der Waals surface area contributed by atoms with Crippen molar-refractivity contribution in [1.29, 1.82) is 0 Å². The quantitative estimate of drug-likeness (QED) is 0.565. The number of aryl methyl sites for hydroxylation is 1. The van der Waals surface area contributed by atoms with Crippen LogP contribution < -0.4 is 14.2 Å². The Kier molecular flexibility index (Phi) is 2.37. The molecule has 0 radical (unpaired) electrons. The minimum absolute atomic E-state index is 0.240. The van der Waals surface area contributed by atoms with E-state index in [1.54, 1.807) is 6.07 Å². The summed E-state index contributed by atoms with van der Waals surface area (Å²) in [6.45, 7) is 2.78. The molecule has 80 valence electrons. The van der Waals surface area contributed by atoms with Gasteiger partial charge in [0.2, 0.25) is 0 Å². The molecular weight excluding hydrogens is 200 g/mol. The predicted octanol–water partition coefficient (Wildman–Crippen LogP) is 1.82. The van der Waals surface area contributed by atoms with E-state index in [0.29, 0.717) is 24.7 Å². The van der Waals surface area contributed by atoms with E-state index in [1.807, 2.05) is 6.92 Å². The van der Waals surface area contributed by atoms with Crippen LogP contribution in [-0.2, 0) is 0 Å². The number of hydrogen-bond acceptors (Lipinski definition) is 4. The number of hydrogen-bond donors (Lipinski definition) is 1. The van der Waals surface area contributed by atoms with Gasteiger partial charge in [0, 0.05) is 6.07 Å². The SMILES string of the molecule is Cc1cc(OC(=O)O)cc2c1OCCO2. The fourth-order valence-electron chi connectivity index (χ4n) is 1.46. The molecule has 15 heavy (non-hydrogen) atoms. The van der Waals surface area contributed by atoms with Crippen molar-refractivity contribution in [3.63, 3.8) is 0 Å². The third-order valence-corrected chi connectivity index (χ3v) is 2.01. The fraction of sp³-hybridized carbons (Fsp3) is 0.300. The van der Waals surface area contributed by atoms with E-state index >= 15 is 0 Å². The van der Waals surface area contributed by atoms with Crippen LogP contribution in [0.1, 0.15) is 5.56 Å². The molecule has 0 spiro atoms. The Labute approximate surface area is 86.2 Å². The molecule has 0 saturated carbocycles. The summed E-state index contributed by atoms with van der Waals surface area (Å²) in [4.78, 5) is 10.4. The van der Waals surface area contributed by atoms with Crippen LogP contribution in [-0.4, -0.2) is 24.5 Å². The lowest BCUT2D eigenvalue weighted by Crippen LogP contribution is -2.16. The smallest absolute Gasteiger partial charge is 0.486 e. The Morgan fingerprint density at radius 1 is 1.40 bits per heavy atom. The average Bonchev–Trinajstić information content (AvgIpc) is 2.16. The van der Waals surface area contributed by atoms with Crippen LogP contribution in [0.4, 0.5) is 4.79 Å². The molecule has 5 heteroatoms. The summed E-state index contributed by atoms with van der Waals surface area (Å²) in [5, 5.41) is 8.47. The molecule has 1 heterocycles. The summed E-state index contributed by atoms with van der Waals surface area (Å²) in [7, 11) is 0. The first kappa shape index (κ1) is 9.64. The Morgan fingerprint density at radius 2 is 2.13 bits per heavy atom. The normalized spacial score (nSPS) is 13.4. The molecule has 0 fully saturated rings. The Hall–Kier alpha value is -1.91. The molecule has 1 aliphatic heterocycles.